The number of morpholine rings is 1. The third-order valence-corrected chi connectivity index (χ3v) is 7.51. The molecule has 10 nitrogen and oxygen atoms in total. The van der Waals surface area contributed by atoms with Crippen LogP contribution in [-0.4, -0.2) is 71.6 Å². The lowest BCUT2D eigenvalue weighted by Crippen LogP contribution is -2.46. The zero-order valence-electron chi connectivity index (χ0n) is 20.7. The molecule has 0 aliphatic carbocycles. The zero-order valence-corrected chi connectivity index (χ0v) is 23.8. The number of hydrazine groups is 1. The molecule has 0 atom stereocenters. The maximum absolute atomic E-state index is 13.0. The van der Waals surface area contributed by atoms with Crippen LogP contribution in [0.2, 0.25) is 10.0 Å². The standard InChI is InChI=1S/C25H24Cl2N4O6S2/c1-2-36-20-11-15(3-6-19(20)37-14-22(32)30-7-9-35-10-8-30)12-21-23(33)31(25(38)39-21)29-24(34)28-16-4-5-17(26)18(27)13-16/h3-6,11-13H,2,7-10,14H2,1H3,(H2,28,29,34)/b21-12-. The van der Waals surface area contributed by atoms with Crippen molar-refractivity contribution >= 4 is 81.1 Å². The monoisotopic (exact) mass is 610 g/mol. The summed E-state index contributed by atoms with van der Waals surface area (Å²) in [6, 6.07) is 9.01. The van der Waals surface area contributed by atoms with Crippen LogP contribution in [-0.2, 0) is 14.3 Å². The van der Waals surface area contributed by atoms with E-state index < -0.39 is 11.9 Å². The average molecular weight is 612 g/mol. The van der Waals surface area contributed by atoms with Gasteiger partial charge in [0.1, 0.15) is 0 Å². The summed E-state index contributed by atoms with van der Waals surface area (Å²) in [5.74, 6) is 0.201. The highest BCUT2D eigenvalue weighted by Crippen LogP contribution is 2.34. The van der Waals surface area contributed by atoms with Crippen molar-refractivity contribution in [3.05, 3.63) is 56.9 Å². The average Bonchev–Trinajstić information content (AvgIpc) is 3.18. The Morgan fingerprint density at radius 3 is 2.59 bits per heavy atom. The van der Waals surface area contributed by atoms with E-state index in [1.54, 1.807) is 35.2 Å². The molecule has 2 aromatic carbocycles. The molecule has 2 heterocycles. The quantitative estimate of drug-likeness (QED) is 0.330. The second kappa shape index (κ2) is 13.4. The van der Waals surface area contributed by atoms with Gasteiger partial charge in [0.2, 0.25) is 0 Å². The lowest BCUT2D eigenvalue weighted by atomic mass is 10.2. The Morgan fingerprint density at radius 2 is 1.87 bits per heavy atom. The topological polar surface area (TPSA) is 109 Å². The van der Waals surface area contributed by atoms with E-state index in [0.29, 0.717) is 65.6 Å². The van der Waals surface area contributed by atoms with Crippen LogP contribution in [0.1, 0.15) is 12.5 Å². The van der Waals surface area contributed by atoms with Crippen molar-refractivity contribution in [2.24, 2.45) is 0 Å². The second-order valence-electron chi connectivity index (χ2n) is 8.13. The second-order valence-corrected chi connectivity index (χ2v) is 10.6. The summed E-state index contributed by atoms with van der Waals surface area (Å²) >= 11 is 18.2. The van der Waals surface area contributed by atoms with Crippen LogP contribution >= 0.6 is 47.2 Å². The van der Waals surface area contributed by atoms with Crippen LogP contribution in [0.3, 0.4) is 0 Å². The van der Waals surface area contributed by atoms with Crippen molar-refractivity contribution < 1.29 is 28.6 Å². The fourth-order valence-corrected chi connectivity index (χ4v) is 5.07. The molecule has 0 radical (unpaired) electrons. The van der Waals surface area contributed by atoms with Crippen LogP contribution in [0.4, 0.5) is 10.5 Å². The van der Waals surface area contributed by atoms with Crippen molar-refractivity contribution in [2.75, 3.05) is 44.8 Å². The lowest BCUT2D eigenvalue weighted by Gasteiger charge is -2.26. The number of carbonyl (C=O) groups excluding carboxylic acids is 3. The predicted molar refractivity (Wildman–Crippen MR) is 154 cm³/mol. The van der Waals surface area contributed by atoms with Gasteiger partial charge in [-0.15, -0.1) is 0 Å². The first kappa shape index (κ1) is 29.0. The highest BCUT2D eigenvalue weighted by atomic mass is 35.5. The Balaban J connectivity index is 1.41. The molecule has 4 rings (SSSR count). The molecule has 0 unspecified atom stereocenters. The minimum Gasteiger partial charge on any atom is -0.490 e. The minimum absolute atomic E-state index is 0.131. The molecular formula is C25H24Cl2N4O6S2. The number of hydrogen-bond acceptors (Lipinski definition) is 8. The Bertz CT molecular complexity index is 1320. The summed E-state index contributed by atoms with van der Waals surface area (Å²) in [4.78, 5) is 39.8. The van der Waals surface area contributed by atoms with Gasteiger partial charge in [0, 0.05) is 18.8 Å². The van der Waals surface area contributed by atoms with E-state index in [1.807, 2.05) is 6.92 Å². The van der Waals surface area contributed by atoms with E-state index in [-0.39, 0.29) is 21.9 Å². The molecule has 0 saturated carbocycles. The minimum atomic E-state index is -0.683. The van der Waals surface area contributed by atoms with E-state index in [0.717, 1.165) is 16.8 Å². The van der Waals surface area contributed by atoms with Crippen molar-refractivity contribution in [2.45, 2.75) is 6.92 Å². The molecule has 2 N–H and O–H groups in total. The zero-order chi connectivity index (χ0) is 27.9. The number of nitrogens with zero attached hydrogens (tertiary/aromatic N) is 2. The molecule has 0 bridgehead atoms. The number of hydrogen-bond donors (Lipinski definition) is 2. The van der Waals surface area contributed by atoms with Gasteiger partial charge in [-0.25, -0.2) is 10.2 Å². The van der Waals surface area contributed by atoms with Gasteiger partial charge in [-0.05, 0) is 61.1 Å². The fraction of sp³-hybridized carbons (Fsp3) is 0.280. The molecular weight excluding hydrogens is 587 g/mol. The van der Waals surface area contributed by atoms with Crippen LogP contribution < -0.4 is 20.2 Å². The first-order chi connectivity index (χ1) is 18.7. The SMILES string of the molecule is CCOc1cc(/C=C2\SC(=S)N(NC(=O)Nc3ccc(Cl)c(Cl)c3)C2=O)ccc1OCC(=O)N1CCOCC1. The first-order valence-electron chi connectivity index (χ1n) is 11.8. The van der Waals surface area contributed by atoms with Crippen LogP contribution in [0.15, 0.2) is 41.3 Å². The number of amides is 4. The molecule has 2 aliphatic heterocycles. The number of thiocarbonyl (C=S) groups is 1. The van der Waals surface area contributed by atoms with Gasteiger partial charge in [0.25, 0.3) is 11.8 Å². The molecule has 14 heteroatoms. The van der Waals surface area contributed by atoms with Gasteiger partial charge >= 0.3 is 6.03 Å². The smallest absolute Gasteiger partial charge is 0.338 e. The predicted octanol–water partition coefficient (Wildman–Crippen LogP) is 4.57. The van der Waals surface area contributed by atoms with Gasteiger partial charge in [-0.1, -0.05) is 41.0 Å². The Hall–Kier alpha value is -3.03. The molecule has 0 aromatic heterocycles. The molecule has 2 saturated heterocycles. The van der Waals surface area contributed by atoms with Gasteiger partial charge in [-0.2, -0.15) is 5.01 Å². The van der Waals surface area contributed by atoms with Crippen molar-refractivity contribution in [3.63, 3.8) is 0 Å². The summed E-state index contributed by atoms with van der Waals surface area (Å²) in [5, 5.41) is 4.17. The van der Waals surface area contributed by atoms with E-state index in [4.69, 9.17) is 49.6 Å². The molecule has 2 aromatic rings. The molecule has 39 heavy (non-hydrogen) atoms. The van der Waals surface area contributed by atoms with Gasteiger partial charge in [0.15, 0.2) is 22.4 Å². The lowest BCUT2D eigenvalue weighted by molar-refractivity contribution is -0.137. The molecule has 0 spiro atoms. The highest BCUT2D eigenvalue weighted by Gasteiger charge is 2.33. The van der Waals surface area contributed by atoms with E-state index >= 15 is 0 Å². The Morgan fingerprint density at radius 1 is 1.10 bits per heavy atom. The number of benzene rings is 2. The molecule has 2 fully saturated rings. The van der Waals surface area contributed by atoms with E-state index in [9.17, 15) is 14.4 Å². The maximum atomic E-state index is 13.0. The number of rotatable bonds is 8. The molecule has 2 aliphatic rings. The number of ether oxygens (including phenoxy) is 3. The van der Waals surface area contributed by atoms with Crippen molar-refractivity contribution in [1.29, 1.82) is 0 Å². The van der Waals surface area contributed by atoms with Crippen LogP contribution in [0.25, 0.3) is 6.08 Å². The third-order valence-electron chi connectivity index (χ3n) is 5.46. The van der Waals surface area contributed by atoms with Gasteiger partial charge in [-0.3, -0.25) is 9.59 Å². The summed E-state index contributed by atoms with van der Waals surface area (Å²) in [7, 11) is 0. The van der Waals surface area contributed by atoms with Crippen LogP contribution in [0, 0.1) is 0 Å². The van der Waals surface area contributed by atoms with Crippen molar-refractivity contribution in [1.82, 2.24) is 15.3 Å². The first-order valence-corrected chi connectivity index (χ1v) is 13.8. The Kier molecular flexibility index (Phi) is 9.92. The number of carbonyl (C=O) groups is 3. The Labute approximate surface area is 244 Å². The number of halogens is 2. The van der Waals surface area contributed by atoms with E-state index in [2.05, 4.69) is 10.7 Å². The van der Waals surface area contributed by atoms with Crippen molar-refractivity contribution in [3.8, 4) is 11.5 Å². The number of nitrogens with one attached hydrogen (secondary N) is 2. The maximum Gasteiger partial charge on any atom is 0.338 e. The molecule has 4 amide bonds. The van der Waals surface area contributed by atoms with Gasteiger partial charge < -0.3 is 24.4 Å². The summed E-state index contributed by atoms with van der Waals surface area (Å²) in [6.45, 7) is 4.15. The van der Waals surface area contributed by atoms with Gasteiger partial charge in [0.05, 0.1) is 34.8 Å². The molecule has 206 valence electrons. The third kappa shape index (κ3) is 7.55. The van der Waals surface area contributed by atoms with Crippen LogP contribution in [0.5, 0.6) is 11.5 Å². The summed E-state index contributed by atoms with van der Waals surface area (Å²) in [6.07, 6.45) is 1.63. The fourth-order valence-electron chi connectivity index (χ4n) is 3.60. The highest BCUT2D eigenvalue weighted by molar-refractivity contribution is 8.26. The summed E-state index contributed by atoms with van der Waals surface area (Å²) < 4.78 is 16.9. The largest absolute Gasteiger partial charge is 0.490 e. The summed E-state index contributed by atoms with van der Waals surface area (Å²) in [5.41, 5.74) is 3.47. The number of thioether (sulfide) groups is 1. The normalized spacial score (nSPS) is 16.4. The number of anilines is 1. The van der Waals surface area contributed by atoms with E-state index in [1.165, 1.54) is 12.1 Å². The number of urea groups is 1.